The van der Waals surface area contributed by atoms with E-state index < -0.39 is 11.8 Å². The van der Waals surface area contributed by atoms with Gasteiger partial charge in [0.25, 0.3) is 0 Å². The van der Waals surface area contributed by atoms with Crippen molar-refractivity contribution >= 4 is 17.4 Å². The molecule has 1 saturated heterocycles. The highest BCUT2D eigenvalue weighted by Gasteiger charge is 2.30. The Kier molecular flexibility index (Phi) is 3.48. The van der Waals surface area contributed by atoms with Crippen LogP contribution < -0.4 is 4.90 Å². The van der Waals surface area contributed by atoms with E-state index in [4.69, 9.17) is 0 Å². The van der Waals surface area contributed by atoms with Gasteiger partial charge in [-0.15, -0.1) is 0 Å². The summed E-state index contributed by atoms with van der Waals surface area (Å²) in [5.74, 6) is -1.30. The van der Waals surface area contributed by atoms with Crippen molar-refractivity contribution in [3.63, 3.8) is 0 Å². The third-order valence-corrected chi connectivity index (χ3v) is 4.35. The van der Waals surface area contributed by atoms with Gasteiger partial charge in [-0.2, -0.15) is 5.10 Å². The van der Waals surface area contributed by atoms with E-state index in [1.54, 1.807) is 12.3 Å². The minimum Gasteiger partial charge on any atom is -0.493 e. The molecule has 1 fully saturated rings. The van der Waals surface area contributed by atoms with Gasteiger partial charge in [-0.3, -0.25) is 0 Å². The Morgan fingerprint density at radius 3 is 3.00 bits per heavy atom. The predicted molar refractivity (Wildman–Crippen MR) is 85.1 cm³/mol. The zero-order valence-corrected chi connectivity index (χ0v) is 13.0. The number of pyridine rings is 1. The maximum atomic E-state index is 13.6. The summed E-state index contributed by atoms with van der Waals surface area (Å²) in [7, 11) is 0. The van der Waals surface area contributed by atoms with E-state index in [9.17, 15) is 19.4 Å². The number of fused-ring (bicyclic) bond motifs is 1. The number of carbonyl (C=O) groups is 1. The zero-order chi connectivity index (χ0) is 17.6. The summed E-state index contributed by atoms with van der Waals surface area (Å²) in [6.07, 6.45) is 5.38. The summed E-state index contributed by atoms with van der Waals surface area (Å²) >= 11 is 0. The number of carboxylic acids is 1. The Labute approximate surface area is 141 Å². The highest BCUT2D eigenvalue weighted by molar-refractivity contribution is 5.94. The Balaban J connectivity index is 1.77. The highest BCUT2D eigenvalue weighted by atomic mass is 19.1. The summed E-state index contributed by atoms with van der Waals surface area (Å²) in [6.45, 7) is 0.653. The third kappa shape index (κ3) is 2.53. The van der Waals surface area contributed by atoms with Crippen molar-refractivity contribution in [2.24, 2.45) is 0 Å². The van der Waals surface area contributed by atoms with Gasteiger partial charge in [0.2, 0.25) is 5.88 Å². The Morgan fingerprint density at radius 1 is 1.36 bits per heavy atom. The maximum Gasteiger partial charge on any atom is 0.341 e. The molecule has 8 nitrogen and oxygen atoms in total. The number of hydrogen-bond donors (Lipinski definition) is 2. The summed E-state index contributed by atoms with van der Waals surface area (Å²) in [6, 6.07) is 2.70. The molecule has 4 heterocycles. The van der Waals surface area contributed by atoms with Crippen LogP contribution in [0, 0.1) is 5.82 Å². The first-order valence-corrected chi connectivity index (χ1v) is 7.73. The Morgan fingerprint density at radius 2 is 2.20 bits per heavy atom. The lowest BCUT2D eigenvalue weighted by molar-refractivity contribution is 0.0698. The summed E-state index contributed by atoms with van der Waals surface area (Å²) in [4.78, 5) is 21.3. The molecular weight excluding hydrogens is 329 g/mol. The molecule has 0 saturated carbocycles. The summed E-state index contributed by atoms with van der Waals surface area (Å²) in [5, 5.41) is 23.2. The molecule has 0 spiro atoms. The first kappa shape index (κ1) is 15.3. The van der Waals surface area contributed by atoms with Crippen LogP contribution in [-0.4, -0.2) is 42.3 Å². The van der Waals surface area contributed by atoms with Crippen LogP contribution in [0.1, 0.15) is 34.8 Å². The molecule has 1 unspecified atom stereocenters. The largest absolute Gasteiger partial charge is 0.493 e. The van der Waals surface area contributed by atoms with E-state index in [2.05, 4.69) is 15.1 Å². The second kappa shape index (κ2) is 5.69. The van der Waals surface area contributed by atoms with E-state index >= 15 is 0 Å². The van der Waals surface area contributed by atoms with Crippen LogP contribution in [0.2, 0.25) is 0 Å². The van der Waals surface area contributed by atoms with Crippen molar-refractivity contribution in [3.8, 4) is 5.88 Å². The minimum absolute atomic E-state index is 0.00728. The van der Waals surface area contributed by atoms with Gasteiger partial charge < -0.3 is 15.1 Å². The molecule has 0 amide bonds. The van der Waals surface area contributed by atoms with Crippen molar-refractivity contribution in [1.82, 2.24) is 19.6 Å². The maximum absolute atomic E-state index is 13.6. The number of halogens is 1. The van der Waals surface area contributed by atoms with Gasteiger partial charge in [0.1, 0.15) is 17.2 Å². The van der Waals surface area contributed by atoms with E-state index in [1.807, 2.05) is 4.90 Å². The molecule has 1 atom stereocenters. The number of aromatic carboxylic acids is 1. The fourth-order valence-corrected chi connectivity index (χ4v) is 3.23. The third-order valence-electron chi connectivity index (χ3n) is 4.35. The molecule has 128 valence electrons. The molecule has 0 aromatic carbocycles. The number of hydrogen-bond acceptors (Lipinski definition) is 6. The topological polar surface area (TPSA) is 104 Å². The van der Waals surface area contributed by atoms with Gasteiger partial charge in [-0.05, 0) is 25.0 Å². The molecular formula is C16H14FN5O3. The van der Waals surface area contributed by atoms with Gasteiger partial charge in [0.05, 0.1) is 18.4 Å². The van der Waals surface area contributed by atoms with Crippen molar-refractivity contribution in [1.29, 1.82) is 0 Å². The number of anilines is 1. The van der Waals surface area contributed by atoms with Crippen molar-refractivity contribution in [3.05, 3.63) is 47.7 Å². The van der Waals surface area contributed by atoms with Gasteiger partial charge >= 0.3 is 5.97 Å². The van der Waals surface area contributed by atoms with Crippen molar-refractivity contribution in [2.75, 3.05) is 11.4 Å². The van der Waals surface area contributed by atoms with E-state index in [-0.39, 0.29) is 23.1 Å². The molecule has 0 bridgehead atoms. The quantitative estimate of drug-likeness (QED) is 0.749. The van der Waals surface area contributed by atoms with Crippen LogP contribution in [0.25, 0.3) is 5.65 Å². The van der Waals surface area contributed by atoms with Gasteiger partial charge in [-0.25, -0.2) is 23.7 Å². The number of carboxylic acid groups (broad SMARTS) is 1. The Bertz CT molecular complexity index is 974. The summed E-state index contributed by atoms with van der Waals surface area (Å²) in [5.41, 5.74) is 0.635. The van der Waals surface area contributed by atoms with Crippen molar-refractivity contribution < 1.29 is 19.4 Å². The van der Waals surface area contributed by atoms with E-state index in [0.717, 1.165) is 12.6 Å². The molecule has 3 aromatic heterocycles. The van der Waals surface area contributed by atoms with E-state index in [0.29, 0.717) is 24.3 Å². The molecule has 1 aliphatic rings. The Hall–Kier alpha value is -3.23. The normalized spacial score (nSPS) is 17.3. The summed E-state index contributed by atoms with van der Waals surface area (Å²) < 4.78 is 14.9. The number of aromatic hydroxyl groups is 1. The average molecular weight is 343 g/mol. The molecule has 0 radical (unpaired) electrons. The standard InChI is InChI=1S/C16H14FN5O3/c17-9-6-10(15(23)18-7-9)12-2-1-4-21(12)13-3-5-22-14(20-13)11(8-19-22)16(24)25/h3,5-8,12H,1-2,4H2,(H,18,23)(H,24,25). The lowest BCUT2D eigenvalue weighted by atomic mass is 10.1. The molecule has 3 aromatic rings. The van der Waals surface area contributed by atoms with Crippen LogP contribution in [-0.2, 0) is 0 Å². The predicted octanol–water partition coefficient (Wildman–Crippen LogP) is 2.01. The lowest BCUT2D eigenvalue weighted by Crippen LogP contribution is -2.24. The smallest absolute Gasteiger partial charge is 0.341 e. The second-order valence-electron chi connectivity index (χ2n) is 5.84. The fraction of sp³-hybridized carbons (Fsp3) is 0.250. The molecule has 4 rings (SSSR count). The first-order valence-electron chi connectivity index (χ1n) is 7.73. The average Bonchev–Trinajstić information content (AvgIpc) is 3.22. The van der Waals surface area contributed by atoms with Gasteiger partial charge in [0, 0.05) is 18.3 Å². The van der Waals surface area contributed by atoms with Gasteiger partial charge in [0.15, 0.2) is 5.65 Å². The van der Waals surface area contributed by atoms with E-state index in [1.165, 1.54) is 16.8 Å². The SMILES string of the molecule is O=C(O)c1cnn2ccc(N3CCCC3c3cc(F)cnc3O)nc12. The number of aromatic nitrogens is 4. The molecule has 1 aliphatic heterocycles. The first-order chi connectivity index (χ1) is 12.0. The van der Waals surface area contributed by atoms with Crippen LogP contribution in [0.4, 0.5) is 10.2 Å². The minimum atomic E-state index is -1.11. The number of nitrogens with zero attached hydrogens (tertiary/aromatic N) is 5. The lowest BCUT2D eigenvalue weighted by Gasteiger charge is -2.26. The highest BCUT2D eigenvalue weighted by Crippen LogP contribution is 2.38. The van der Waals surface area contributed by atoms with Crippen LogP contribution in [0.5, 0.6) is 5.88 Å². The zero-order valence-electron chi connectivity index (χ0n) is 13.0. The second-order valence-corrected chi connectivity index (χ2v) is 5.84. The molecule has 0 aliphatic carbocycles. The molecule has 25 heavy (non-hydrogen) atoms. The van der Waals surface area contributed by atoms with Crippen LogP contribution in [0.3, 0.4) is 0 Å². The molecule has 9 heteroatoms. The van der Waals surface area contributed by atoms with Gasteiger partial charge in [-0.1, -0.05) is 0 Å². The fourth-order valence-electron chi connectivity index (χ4n) is 3.23. The monoisotopic (exact) mass is 343 g/mol. The number of rotatable bonds is 3. The van der Waals surface area contributed by atoms with Crippen LogP contribution >= 0.6 is 0 Å². The molecule has 2 N–H and O–H groups in total. The van der Waals surface area contributed by atoms with Crippen LogP contribution in [0.15, 0.2) is 30.7 Å². The van der Waals surface area contributed by atoms with Crippen molar-refractivity contribution in [2.45, 2.75) is 18.9 Å².